The summed E-state index contributed by atoms with van der Waals surface area (Å²) in [6, 6.07) is 18.3. The number of aromatic nitrogens is 5. The summed E-state index contributed by atoms with van der Waals surface area (Å²) in [4.78, 5) is 16.4. The first-order chi connectivity index (χ1) is 16.4. The summed E-state index contributed by atoms with van der Waals surface area (Å²) in [5.74, 6) is -0.0610. The Labute approximate surface area is 190 Å². The van der Waals surface area contributed by atoms with Crippen LogP contribution in [0.25, 0.3) is 28.3 Å². The van der Waals surface area contributed by atoms with Crippen molar-refractivity contribution in [3.05, 3.63) is 96.3 Å². The highest BCUT2D eigenvalue weighted by Gasteiger charge is 2.30. The number of carbonyl (C=O) groups excluding carboxylic acids is 1. The van der Waals surface area contributed by atoms with Crippen molar-refractivity contribution in [1.29, 1.82) is 0 Å². The summed E-state index contributed by atoms with van der Waals surface area (Å²) >= 11 is 0. The van der Waals surface area contributed by atoms with E-state index < -0.39 is 17.6 Å². The molecule has 168 valence electrons. The van der Waals surface area contributed by atoms with Gasteiger partial charge in [0.15, 0.2) is 11.5 Å². The largest absolute Gasteiger partial charge is 0.416 e. The molecule has 0 unspecified atom stereocenters. The number of hydrogen-bond donors (Lipinski definition) is 1. The molecule has 0 aliphatic rings. The minimum atomic E-state index is -4.52. The van der Waals surface area contributed by atoms with Crippen LogP contribution in [0.3, 0.4) is 0 Å². The molecule has 0 saturated carbocycles. The van der Waals surface area contributed by atoms with Crippen LogP contribution < -0.4 is 5.32 Å². The Bertz CT molecular complexity index is 1480. The predicted octanol–water partition coefficient (Wildman–Crippen LogP) is 5.12. The molecule has 10 heteroatoms. The third kappa shape index (κ3) is 4.20. The number of pyridine rings is 1. The number of nitrogens with zero attached hydrogens (tertiary/aromatic N) is 5. The number of alkyl halides is 3. The molecule has 0 spiro atoms. The summed E-state index contributed by atoms with van der Waals surface area (Å²) in [5, 5.41) is 15.6. The maximum Gasteiger partial charge on any atom is 0.416 e. The van der Waals surface area contributed by atoms with Crippen LogP contribution in [0.5, 0.6) is 0 Å². The first kappa shape index (κ1) is 21.3. The van der Waals surface area contributed by atoms with Crippen molar-refractivity contribution >= 4 is 17.2 Å². The van der Waals surface area contributed by atoms with Crippen LogP contribution in [-0.2, 0) is 6.18 Å². The van der Waals surface area contributed by atoms with E-state index in [9.17, 15) is 18.0 Å². The Hall–Kier alpha value is -4.60. The van der Waals surface area contributed by atoms with Gasteiger partial charge in [-0.15, -0.1) is 10.2 Å². The van der Waals surface area contributed by atoms with Crippen molar-refractivity contribution in [3.63, 3.8) is 0 Å². The zero-order chi connectivity index (χ0) is 23.7. The number of hydrogen-bond acceptors (Lipinski definition) is 5. The van der Waals surface area contributed by atoms with E-state index in [1.165, 1.54) is 12.1 Å². The Morgan fingerprint density at radius 3 is 2.35 bits per heavy atom. The van der Waals surface area contributed by atoms with Crippen LogP contribution in [0.15, 0.2) is 85.2 Å². The molecule has 34 heavy (non-hydrogen) atoms. The Morgan fingerprint density at radius 1 is 0.853 bits per heavy atom. The van der Waals surface area contributed by atoms with E-state index in [2.05, 4.69) is 25.6 Å². The molecule has 0 radical (unpaired) electrons. The Balaban J connectivity index is 1.38. The van der Waals surface area contributed by atoms with Gasteiger partial charge in [0.2, 0.25) is 0 Å². The van der Waals surface area contributed by atoms with Crippen LogP contribution in [0.1, 0.15) is 15.9 Å². The van der Waals surface area contributed by atoms with Crippen LogP contribution in [-0.4, -0.2) is 30.7 Å². The van der Waals surface area contributed by atoms with Gasteiger partial charge in [-0.05, 0) is 54.6 Å². The van der Waals surface area contributed by atoms with E-state index in [-0.39, 0.29) is 5.56 Å². The molecule has 5 rings (SSSR count). The topological polar surface area (TPSA) is 85.1 Å². The van der Waals surface area contributed by atoms with Gasteiger partial charge in [0.25, 0.3) is 5.91 Å². The van der Waals surface area contributed by atoms with E-state index in [0.29, 0.717) is 22.9 Å². The molecule has 2 aromatic carbocycles. The maximum absolute atomic E-state index is 12.9. The fourth-order valence-electron chi connectivity index (χ4n) is 3.39. The van der Waals surface area contributed by atoms with Gasteiger partial charge in [0.05, 0.1) is 11.3 Å². The Kier molecular flexibility index (Phi) is 5.25. The minimum Gasteiger partial charge on any atom is -0.322 e. The maximum atomic E-state index is 12.9. The number of benzene rings is 2. The van der Waals surface area contributed by atoms with Gasteiger partial charge in [0.1, 0.15) is 0 Å². The van der Waals surface area contributed by atoms with Gasteiger partial charge in [-0.1, -0.05) is 18.2 Å². The number of fused-ring (bicyclic) bond motifs is 1. The number of halogens is 3. The lowest BCUT2D eigenvalue weighted by molar-refractivity contribution is -0.137. The minimum absolute atomic E-state index is 0.0812. The average molecular weight is 460 g/mol. The highest BCUT2D eigenvalue weighted by atomic mass is 19.4. The Morgan fingerprint density at radius 2 is 1.62 bits per heavy atom. The van der Waals surface area contributed by atoms with Crippen molar-refractivity contribution in [2.24, 2.45) is 0 Å². The average Bonchev–Trinajstić information content (AvgIpc) is 3.28. The fourth-order valence-corrected chi connectivity index (χ4v) is 3.39. The lowest BCUT2D eigenvalue weighted by Gasteiger charge is -2.10. The first-order valence-electron chi connectivity index (χ1n) is 10.1. The van der Waals surface area contributed by atoms with E-state index >= 15 is 0 Å². The second-order valence-electron chi connectivity index (χ2n) is 7.36. The second-order valence-corrected chi connectivity index (χ2v) is 7.36. The molecule has 1 amide bonds. The number of nitrogens with one attached hydrogen (secondary N) is 1. The second kappa shape index (κ2) is 8.39. The van der Waals surface area contributed by atoms with Gasteiger partial charge >= 0.3 is 6.18 Å². The number of anilines is 1. The van der Waals surface area contributed by atoms with Gasteiger partial charge in [-0.3, -0.25) is 9.78 Å². The summed E-state index contributed by atoms with van der Waals surface area (Å²) in [6.07, 6.45) is -1.20. The standard InChI is InChI=1S/C24H15F3N6O/c25-24(26,27)18-3-1-2-17(14-18)23(34)29-19-6-4-15(5-7-19)20-8-9-21-30-31-22(33(21)32-20)16-10-12-28-13-11-16/h1-14H,(H,29,34). The molecular weight excluding hydrogens is 445 g/mol. The predicted molar refractivity (Wildman–Crippen MR) is 119 cm³/mol. The highest BCUT2D eigenvalue weighted by molar-refractivity contribution is 6.04. The quantitative estimate of drug-likeness (QED) is 0.402. The molecule has 5 aromatic rings. The van der Waals surface area contributed by atoms with Crippen molar-refractivity contribution in [3.8, 4) is 22.6 Å². The zero-order valence-corrected chi connectivity index (χ0v) is 17.4. The number of carbonyl (C=O) groups is 1. The smallest absolute Gasteiger partial charge is 0.322 e. The molecular formula is C24H15F3N6O. The molecule has 0 aliphatic heterocycles. The number of amides is 1. The zero-order valence-electron chi connectivity index (χ0n) is 17.4. The molecule has 1 N–H and O–H groups in total. The van der Waals surface area contributed by atoms with Gasteiger partial charge in [-0.25, -0.2) is 0 Å². The van der Waals surface area contributed by atoms with Crippen molar-refractivity contribution in [1.82, 2.24) is 24.8 Å². The van der Waals surface area contributed by atoms with E-state index in [1.54, 1.807) is 53.3 Å². The molecule has 3 aromatic heterocycles. The highest BCUT2D eigenvalue weighted by Crippen LogP contribution is 2.30. The summed E-state index contributed by atoms with van der Waals surface area (Å²) in [7, 11) is 0. The van der Waals surface area contributed by atoms with Crippen LogP contribution in [0.2, 0.25) is 0 Å². The van der Waals surface area contributed by atoms with Gasteiger partial charge in [-0.2, -0.15) is 22.8 Å². The summed E-state index contributed by atoms with van der Waals surface area (Å²) < 4.78 is 40.4. The van der Waals surface area contributed by atoms with E-state index in [0.717, 1.165) is 23.3 Å². The van der Waals surface area contributed by atoms with Crippen molar-refractivity contribution in [2.45, 2.75) is 6.18 Å². The molecule has 0 fully saturated rings. The summed E-state index contributed by atoms with van der Waals surface area (Å²) in [6.45, 7) is 0. The van der Waals surface area contributed by atoms with E-state index in [1.807, 2.05) is 12.1 Å². The first-order valence-corrected chi connectivity index (χ1v) is 10.1. The monoisotopic (exact) mass is 460 g/mol. The van der Waals surface area contributed by atoms with Gasteiger partial charge < -0.3 is 5.32 Å². The van der Waals surface area contributed by atoms with E-state index in [4.69, 9.17) is 0 Å². The molecule has 3 heterocycles. The molecule has 0 atom stereocenters. The molecule has 0 aliphatic carbocycles. The van der Waals surface area contributed by atoms with Crippen molar-refractivity contribution in [2.75, 3.05) is 5.32 Å². The van der Waals surface area contributed by atoms with Crippen LogP contribution >= 0.6 is 0 Å². The summed E-state index contributed by atoms with van der Waals surface area (Å²) in [5.41, 5.74) is 2.31. The number of rotatable bonds is 4. The van der Waals surface area contributed by atoms with Crippen LogP contribution in [0.4, 0.5) is 18.9 Å². The third-order valence-corrected chi connectivity index (χ3v) is 5.09. The normalized spacial score (nSPS) is 11.5. The van der Waals surface area contributed by atoms with Crippen molar-refractivity contribution < 1.29 is 18.0 Å². The molecule has 0 bridgehead atoms. The lowest BCUT2D eigenvalue weighted by atomic mass is 10.1. The third-order valence-electron chi connectivity index (χ3n) is 5.09. The van der Waals surface area contributed by atoms with Crippen LogP contribution in [0, 0.1) is 0 Å². The lowest BCUT2D eigenvalue weighted by Crippen LogP contribution is -2.13. The fraction of sp³-hybridized carbons (Fsp3) is 0.0417. The van der Waals surface area contributed by atoms with Gasteiger partial charge in [0, 0.05) is 34.8 Å². The SMILES string of the molecule is O=C(Nc1ccc(-c2ccc3nnc(-c4ccncc4)n3n2)cc1)c1cccc(C(F)(F)F)c1. The molecule has 0 saturated heterocycles. The molecule has 7 nitrogen and oxygen atoms in total.